The second-order valence-electron chi connectivity index (χ2n) is 14.4. The molecule has 1 aliphatic carbocycles. The van der Waals surface area contributed by atoms with Gasteiger partial charge in [0, 0.05) is 36.8 Å². The van der Waals surface area contributed by atoms with Gasteiger partial charge in [0.15, 0.2) is 0 Å². The summed E-state index contributed by atoms with van der Waals surface area (Å²) in [5.41, 5.74) is 4.96. The highest BCUT2D eigenvalue weighted by Gasteiger charge is 2.45. The molecule has 1 saturated heterocycles. The summed E-state index contributed by atoms with van der Waals surface area (Å²) in [5.74, 6) is -3.02. The second-order valence-corrected chi connectivity index (χ2v) is 16.7. The van der Waals surface area contributed by atoms with Gasteiger partial charge in [-0.15, -0.1) is 11.3 Å². The van der Waals surface area contributed by atoms with E-state index in [9.17, 15) is 28.2 Å². The molecule has 5 amide bonds. The van der Waals surface area contributed by atoms with Crippen LogP contribution in [0.15, 0.2) is 16.3 Å². The van der Waals surface area contributed by atoms with Crippen LogP contribution in [-0.2, 0) is 36.5 Å². The van der Waals surface area contributed by atoms with Crippen molar-refractivity contribution in [3.8, 4) is 0 Å². The van der Waals surface area contributed by atoms with Crippen LogP contribution in [0.25, 0.3) is 0 Å². The van der Waals surface area contributed by atoms with Gasteiger partial charge in [0.2, 0.25) is 17.6 Å². The third kappa shape index (κ3) is 10.8. The standard InChI is InChI=1S/C34H56N6O6S2/c1-7-8-14-23(29(41)30(35)42)37-31(43)28-21(2)15-17-40(28)32(44)27(22-12-10-9-11-13-22)39-33(45)38-26(34(3,4)5)20-36-19-24-25(48(6)46)16-18-47-24/h16,18,21-23,26-28,36H,7-15,17,19-20H2,1-6H3,(H2,35,42)(H,37,43)(H2,38,39,45)/t21?,23?,26-,27+,28+,48?/m1/s1. The number of Topliss-reactive ketones (excluding diaryl/α,β-unsaturated/α-hetero) is 1. The number of hydrogen-bond acceptors (Lipinski definition) is 8. The van der Waals surface area contributed by atoms with Gasteiger partial charge in [-0.3, -0.25) is 23.4 Å². The number of nitrogens with zero attached hydrogens (tertiary/aromatic N) is 1. The predicted molar refractivity (Wildman–Crippen MR) is 189 cm³/mol. The molecule has 2 heterocycles. The molecule has 6 N–H and O–H groups in total. The summed E-state index contributed by atoms with van der Waals surface area (Å²) in [7, 11) is -1.09. The Hall–Kier alpha value is -2.84. The monoisotopic (exact) mass is 708 g/mol. The van der Waals surface area contributed by atoms with Crippen molar-refractivity contribution < 1.29 is 28.2 Å². The summed E-state index contributed by atoms with van der Waals surface area (Å²) in [6.45, 7) is 11.3. The molecule has 0 bridgehead atoms. The Morgan fingerprint density at radius 2 is 1.75 bits per heavy atom. The van der Waals surface area contributed by atoms with Gasteiger partial charge in [0.05, 0.1) is 21.7 Å². The lowest BCUT2D eigenvalue weighted by Crippen LogP contribution is -2.61. The highest BCUT2D eigenvalue weighted by Crippen LogP contribution is 2.31. The lowest BCUT2D eigenvalue weighted by atomic mass is 9.83. The Labute approximate surface area is 291 Å². The van der Waals surface area contributed by atoms with E-state index in [2.05, 4.69) is 21.3 Å². The van der Waals surface area contributed by atoms with Crippen LogP contribution < -0.4 is 27.0 Å². The number of amides is 5. The maximum Gasteiger partial charge on any atom is 0.315 e. The van der Waals surface area contributed by atoms with E-state index in [0.717, 1.165) is 48.3 Å². The number of carbonyl (C=O) groups is 5. The van der Waals surface area contributed by atoms with Crippen LogP contribution in [0, 0.1) is 17.3 Å². The first-order chi connectivity index (χ1) is 22.6. The van der Waals surface area contributed by atoms with Crippen molar-refractivity contribution in [1.82, 2.24) is 26.2 Å². The maximum atomic E-state index is 14.3. The fraction of sp³-hybridized carbons (Fsp3) is 0.735. The van der Waals surface area contributed by atoms with Gasteiger partial charge in [0.1, 0.15) is 12.1 Å². The maximum absolute atomic E-state index is 14.3. The van der Waals surface area contributed by atoms with Gasteiger partial charge in [-0.1, -0.05) is 66.7 Å². The van der Waals surface area contributed by atoms with Crippen LogP contribution >= 0.6 is 11.3 Å². The minimum Gasteiger partial charge on any atom is -0.363 e. The highest BCUT2D eigenvalue weighted by atomic mass is 32.2. The summed E-state index contributed by atoms with van der Waals surface area (Å²) in [6.07, 6.45) is 8.46. The molecule has 2 fully saturated rings. The minimum absolute atomic E-state index is 0.0799. The quantitative estimate of drug-likeness (QED) is 0.164. The average Bonchev–Trinajstić information content (AvgIpc) is 3.67. The normalized spacial score (nSPS) is 21.2. The van der Waals surface area contributed by atoms with E-state index in [1.54, 1.807) is 11.2 Å². The molecule has 6 atom stereocenters. The molecule has 0 spiro atoms. The first-order valence-corrected chi connectivity index (χ1v) is 19.7. The molecule has 3 rings (SSSR count). The van der Waals surface area contributed by atoms with Crippen molar-refractivity contribution in [2.45, 2.75) is 128 Å². The smallest absolute Gasteiger partial charge is 0.315 e. The van der Waals surface area contributed by atoms with Crippen molar-refractivity contribution in [1.29, 1.82) is 0 Å². The molecule has 270 valence electrons. The average molecular weight is 709 g/mol. The number of carbonyl (C=O) groups excluding carboxylic acids is 5. The minimum atomic E-state index is -1.10. The topological polar surface area (TPSA) is 180 Å². The van der Waals surface area contributed by atoms with Gasteiger partial charge in [-0.25, -0.2) is 4.79 Å². The van der Waals surface area contributed by atoms with E-state index in [0.29, 0.717) is 32.5 Å². The molecule has 1 aromatic rings. The van der Waals surface area contributed by atoms with Crippen LogP contribution in [0.5, 0.6) is 0 Å². The Balaban J connectivity index is 1.76. The number of rotatable bonds is 16. The molecule has 48 heavy (non-hydrogen) atoms. The second kappa shape index (κ2) is 18.2. The van der Waals surface area contributed by atoms with Crippen LogP contribution in [-0.4, -0.2) is 82.2 Å². The van der Waals surface area contributed by atoms with Crippen LogP contribution in [0.2, 0.25) is 0 Å². The van der Waals surface area contributed by atoms with Crippen molar-refractivity contribution in [3.63, 3.8) is 0 Å². The van der Waals surface area contributed by atoms with E-state index in [1.165, 1.54) is 11.3 Å². The third-order valence-corrected chi connectivity index (χ3v) is 11.7. The first kappa shape index (κ1) is 39.6. The van der Waals surface area contributed by atoms with E-state index < -0.39 is 52.6 Å². The Morgan fingerprint density at radius 3 is 2.35 bits per heavy atom. The van der Waals surface area contributed by atoms with Crippen molar-refractivity contribution in [2.75, 3.05) is 19.3 Å². The number of nitrogens with one attached hydrogen (secondary N) is 4. The number of urea groups is 1. The predicted octanol–water partition coefficient (Wildman–Crippen LogP) is 3.20. The summed E-state index contributed by atoms with van der Waals surface area (Å²) >= 11 is 1.54. The summed E-state index contributed by atoms with van der Waals surface area (Å²) < 4.78 is 12.1. The molecule has 12 nitrogen and oxygen atoms in total. The van der Waals surface area contributed by atoms with Crippen LogP contribution in [0.4, 0.5) is 4.79 Å². The molecular formula is C34H56N6O6S2. The van der Waals surface area contributed by atoms with Crippen molar-refractivity contribution in [2.24, 2.45) is 23.0 Å². The number of primary amides is 1. The molecule has 2 aliphatic rings. The third-order valence-electron chi connectivity index (χ3n) is 9.65. The number of ketones is 1. The van der Waals surface area contributed by atoms with Crippen LogP contribution in [0.1, 0.15) is 97.3 Å². The lowest BCUT2D eigenvalue weighted by Gasteiger charge is -2.37. The van der Waals surface area contributed by atoms with Crippen LogP contribution in [0.3, 0.4) is 0 Å². The number of unbranched alkanes of at least 4 members (excludes halogenated alkanes) is 1. The summed E-state index contributed by atoms with van der Waals surface area (Å²) in [4.78, 5) is 69.2. The lowest BCUT2D eigenvalue weighted by molar-refractivity contribution is -0.143. The Morgan fingerprint density at radius 1 is 1.06 bits per heavy atom. The number of nitrogens with two attached hydrogens (primary N) is 1. The van der Waals surface area contributed by atoms with E-state index in [1.807, 2.05) is 46.1 Å². The molecule has 0 aromatic carbocycles. The van der Waals surface area contributed by atoms with Gasteiger partial charge in [-0.2, -0.15) is 0 Å². The Kier molecular flexibility index (Phi) is 15.0. The molecule has 1 aliphatic heterocycles. The summed E-state index contributed by atoms with van der Waals surface area (Å²) in [6, 6.07) is -1.58. The molecule has 1 aromatic heterocycles. The fourth-order valence-corrected chi connectivity index (χ4v) is 8.66. The zero-order valence-electron chi connectivity index (χ0n) is 29.4. The zero-order valence-corrected chi connectivity index (χ0v) is 31.0. The molecular weight excluding hydrogens is 653 g/mol. The van der Waals surface area contributed by atoms with E-state index in [-0.39, 0.29) is 35.6 Å². The van der Waals surface area contributed by atoms with E-state index >= 15 is 0 Å². The summed E-state index contributed by atoms with van der Waals surface area (Å²) in [5, 5.41) is 14.2. The molecule has 14 heteroatoms. The number of hydrogen-bond donors (Lipinski definition) is 5. The van der Waals surface area contributed by atoms with Crippen molar-refractivity contribution in [3.05, 3.63) is 16.3 Å². The fourth-order valence-electron chi connectivity index (χ4n) is 6.69. The highest BCUT2D eigenvalue weighted by molar-refractivity contribution is 7.84. The van der Waals surface area contributed by atoms with Gasteiger partial charge >= 0.3 is 6.03 Å². The van der Waals surface area contributed by atoms with E-state index in [4.69, 9.17) is 5.73 Å². The van der Waals surface area contributed by atoms with Crippen molar-refractivity contribution >= 4 is 51.7 Å². The SMILES string of the molecule is CCCCC(NC(=O)[C@@H]1C(C)CCN1C(=O)[C@@H](NC(=O)N[C@H](CNCc1sccc1S(C)=O)C(C)(C)C)C1CCCCC1)C(=O)C(N)=O. The molecule has 0 radical (unpaired) electrons. The number of likely N-dealkylation sites (tertiary alicyclic amines) is 1. The van der Waals surface area contributed by atoms with Gasteiger partial charge in [-0.05, 0) is 54.4 Å². The zero-order chi connectivity index (χ0) is 35.6. The first-order valence-electron chi connectivity index (χ1n) is 17.3. The number of thiophene rings is 1. The van der Waals surface area contributed by atoms with Gasteiger partial charge in [0.25, 0.3) is 5.91 Å². The van der Waals surface area contributed by atoms with Gasteiger partial charge < -0.3 is 31.9 Å². The Bertz CT molecular complexity index is 1310. The molecule has 1 saturated carbocycles. The molecule has 3 unspecified atom stereocenters. The largest absolute Gasteiger partial charge is 0.363 e.